The van der Waals surface area contributed by atoms with E-state index in [0.717, 1.165) is 17.7 Å². The quantitative estimate of drug-likeness (QED) is 0.826. The summed E-state index contributed by atoms with van der Waals surface area (Å²) in [5.41, 5.74) is 8.23. The molecule has 0 saturated carbocycles. The molecular formula is C14H14ClFN2. The molecule has 0 aliphatic heterocycles. The Bertz CT molecular complexity index is 543. The molecule has 0 saturated heterocycles. The fraction of sp³-hybridized carbons (Fsp3) is 0.143. The Labute approximate surface area is 111 Å². The second-order valence-corrected chi connectivity index (χ2v) is 4.47. The number of anilines is 2. The summed E-state index contributed by atoms with van der Waals surface area (Å²) in [6, 6.07) is 11.9. The first-order valence-electron chi connectivity index (χ1n) is 5.68. The van der Waals surface area contributed by atoms with Crippen LogP contribution in [-0.2, 0) is 6.42 Å². The molecular weight excluding hydrogens is 251 g/mol. The van der Waals surface area contributed by atoms with Gasteiger partial charge in [0.1, 0.15) is 5.82 Å². The van der Waals surface area contributed by atoms with E-state index in [2.05, 4.69) is 5.32 Å². The lowest BCUT2D eigenvalue weighted by Crippen LogP contribution is -2.06. The average Bonchev–Trinajstić information content (AvgIpc) is 2.32. The fourth-order valence-electron chi connectivity index (χ4n) is 1.73. The smallest absolute Gasteiger partial charge is 0.123 e. The van der Waals surface area contributed by atoms with Gasteiger partial charge in [0.25, 0.3) is 0 Å². The first-order chi connectivity index (χ1) is 8.65. The molecule has 4 heteroatoms. The van der Waals surface area contributed by atoms with E-state index in [1.165, 1.54) is 12.1 Å². The average molecular weight is 265 g/mol. The molecule has 0 aliphatic rings. The zero-order valence-electron chi connectivity index (χ0n) is 9.79. The molecule has 0 amide bonds. The minimum Gasteiger partial charge on any atom is -0.397 e. The normalized spacial score (nSPS) is 10.3. The highest BCUT2D eigenvalue weighted by atomic mass is 35.5. The van der Waals surface area contributed by atoms with Crippen LogP contribution in [0, 0.1) is 5.82 Å². The van der Waals surface area contributed by atoms with Gasteiger partial charge in [0.2, 0.25) is 0 Å². The predicted molar refractivity (Wildman–Crippen MR) is 74.5 cm³/mol. The van der Waals surface area contributed by atoms with Gasteiger partial charge in [0.15, 0.2) is 0 Å². The first-order valence-corrected chi connectivity index (χ1v) is 6.06. The van der Waals surface area contributed by atoms with Gasteiger partial charge >= 0.3 is 0 Å². The summed E-state index contributed by atoms with van der Waals surface area (Å²) in [6.07, 6.45) is 0.736. The zero-order valence-corrected chi connectivity index (χ0v) is 10.5. The number of hydrogen-bond donors (Lipinski definition) is 2. The highest BCUT2D eigenvalue weighted by Gasteiger charge is 2.00. The SMILES string of the molecule is Nc1cc(Cl)ccc1NCCc1cccc(F)c1. The van der Waals surface area contributed by atoms with E-state index in [1.807, 2.05) is 12.1 Å². The van der Waals surface area contributed by atoms with Crippen LogP contribution < -0.4 is 11.1 Å². The Morgan fingerprint density at radius 1 is 1.17 bits per heavy atom. The predicted octanol–water partition coefficient (Wildman–Crippen LogP) is 3.72. The van der Waals surface area contributed by atoms with Gasteiger partial charge in [-0.3, -0.25) is 0 Å². The molecule has 3 N–H and O–H groups in total. The van der Waals surface area contributed by atoms with Crippen molar-refractivity contribution in [1.29, 1.82) is 0 Å². The third-order valence-electron chi connectivity index (χ3n) is 2.63. The monoisotopic (exact) mass is 264 g/mol. The number of benzene rings is 2. The van der Waals surface area contributed by atoms with Crippen LogP contribution in [0.4, 0.5) is 15.8 Å². The lowest BCUT2D eigenvalue weighted by Gasteiger charge is -2.09. The summed E-state index contributed by atoms with van der Waals surface area (Å²) in [7, 11) is 0. The topological polar surface area (TPSA) is 38.0 Å². The van der Waals surface area contributed by atoms with Gasteiger partial charge in [-0.1, -0.05) is 23.7 Å². The second kappa shape index (κ2) is 5.74. The number of halogens is 2. The van der Waals surface area contributed by atoms with E-state index in [0.29, 0.717) is 17.3 Å². The van der Waals surface area contributed by atoms with Crippen LogP contribution in [0.2, 0.25) is 5.02 Å². The van der Waals surface area contributed by atoms with Gasteiger partial charge in [-0.05, 0) is 42.3 Å². The maximum Gasteiger partial charge on any atom is 0.123 e. The third kappa shape index (κ3) is 3.37. The summed E-state index contributed by atoms with van der Waals surface area (Å²) in [4.78, 5) is 0. The second-order valence-electron chi connectivity index (χ2n) is 4.04. The Hall–Kier alpha value is -1.74. The maximum absolute atomic E-state index is 13.0. The molecule has 0 aromatic heterocycles. The standard InChI is InChI=1S/C14H14ClFN2/c15-11-4-5-14(13(17)9-11)18-7-6-10-2-1-3-12(16)8-10/h1-5,8-9,18H,6-7,17H2. The van der Waals surface area contributed by atoms with Gasteiger partial charge in [-0.25, -0.2) is 4.39 Å². The van der Waals surface area contributed by atoms with Crippen LogP contribution in [0.1, 0.15) is 5.56 Å². The van der Waals surface area contributed by atoms with Crippen LogP contribution in [0.15, 0.2) is 42.5 Å². The highest BCUT2D eigenvalue weighted by Crippen LogP contribution is 2.22. The van der Waals surface area contributed by atoms with Crippen molar-refractivity contribution in [3.63, 3.8) is 0 Å². The minimum atomic E-state index is -0.210. The zero-order chi connectivity index (χ0) is 13.0. The summed E-state index contributed by atoms with van der Waals surface area (Å²) in [6.45, 7) is 0.690. The third-order valence-corrected chi connectivity index (χ3v) is 2.87. The van der Waals surface area contributed by atoms with Crippen LogP contribution in [-0.4, -0.2) is 6.54 Å². The van der Waals surface area contributed by atoms with Crippen molar-refractivity contribution >= 4 is 23.0 Å². The summed E-state index contributed by atoms with van der Waals surface area (Å²) >= 11 is 5.81. The number of nitrogens with two attached hydrogens (primary N) is 1. The Morgan fingerprint density at radius 3 is 2.72 bits per heavy atom. The molecule has 94 valence electrons. The Kier molecular flexibility index (Phi) is 4.05. The molecule has 0 bridgehead atoms. The molecule has 0 fully saturated rings. The van der Waals surface area contributed by atoms with Crippen molar-refractivity contribution in [2.75, 3.05) is 17.6 Å². The maximum atomic E-state index is 13.0. The summed E-state index contributed by atoms with van der Waals surface area (Å²) in [5.74, 6) is -0.210. The molecule has 0 aliphatic carbocycles. The number of hydrogen-bond acceptors (Lipinski definition) is 2. The van der Waals surface area contributed by atoms with Gasteiger partial charge in [0, 0.05) is 11.6 Å². The molecule has 2 rings (SSSR count). The van der Waals surface area contributed by atoms with Crippen LogP contribution >= 0.6 is 11.6 Å². The molecule has 2 nitrogen and oxygen atoms in total. The van der Waals surface area contributed by atoms with E-state index in [1.54, 1.807) is 18.2 Å². The molecule has 2 aromatic rings. The van der Waals surface area contributed by atoms with Crippen molar-refractivity contribution < 1.29 is 4.39 Å². The molecule has 0 heterocycles. The lowest BCUT2D eigenvalue weighted by molar-refractivity contribution is 0.625. The van der Waals surface area contributed by atoms with Crippen LogP contribution in [0.3, 0.4) is 0 Å². The molecule has 0 unspecified atom stereocenters. The minimum absolute atomic E-state index is 0.210. The Balaban J connectivity index is 1.92. The van der Waals surface area contributed by atoms with Crippen molar-refractivity contribution in [3.05, 3.63) is 58.9 Å². The molecule has 0 radical (unpaired) electrons. The number of rotatable bonds is 4. The van der Waals surface area contributed by atoms with E-state index in [-0.39, 0.29) is 5.82 Å². The van der Waals surface area contributed by atoms with Gasteiger partial charge in [0.05, 0.1) is 11.4 Å². The van der Waals surface area contributed by atoms with Gasteiger partial charge in [-0.2, -0.15) is 0 Å². The van der Waals surface area contributed by atoms with Crippen LogP contribution in [0.5, 0.6) is 0 Å². The van der Waals surface area contributed by atoms with E-state index in [4.69, 9.17) is 17.3 Å². The first kappa shape index (κ1) is 12.7. The molecule has 0 atom stereocenters. The van der Waals surface area contributed by atoms with Gasteiger partial charge < -0.3 is 11.1 Å². The van der Waals surface area contributed by atoms with E-state index < -0.39 is 0 Å². The summed E-state index contributed by atoms with van der Waals surface area (Å²) in [5, 5.41) is 3.82. The molecule has 0 spiro atoms. The largest absolute Gasteiger partial charge is 0.397 e. The van der Waals surface area contributed by atoms with E-state index >= 15 is 0 Å². The Morgan fingerprint density at radius 2 is 2.00 bits per heavy atom. The van der Waals surface area contributed by atoms with Crippen molar-refractivity contribution in [1.82, 2.24) is 0 Å². The van der Waals surface area contributed by atoms with Crippen molar-refractivity contribution in [2.45, 2.75) is 6.42 Å². The lowest BCUT2D eigenvalue weighted by atomic mass is 10.1. The van der Waals surface area contributed by atoms with Crippen molar-refractivity contribution in [3.8, 4) is 0 Å². The highest BCUT2D eigenvalue weighted by molar-refractivity contribution is 6.31. The fourth-order valence-corrected chi connectivity index (χ4v) is 1.91. The number of nitrogens with one attached hydrogen (secondary N) is 1. The van der Waals surface area contributed by atoms with Gasteiger partial charge in [-0.15, -0.1) is 0 Å². The molecule has 18 heavy (non-hydrogen) atoms. The van der Waals surface area contributed by atoms with Crippen molar-refractivity contribution in [2.24, 2.45) is 0 Å². The van der Waals surface area contributed by atoms with Crippen LogP contribution in [0.25, 0.3) is 0 Å². The number of nitrogen functional groups attached to an aromatic ring is 1. The van der Waals surface area contributed by atoms with E-state index in [9.17, 15) is 4.39 Å². The molecule has 2 aromatic carbocycles. The summed E-state index contributed by atoms with van der Waals surface area (Å²) < 4.78 is 13.0.